The fourth-order valence-electron chi connectivity index (χ4n) is 2.57. The largest absolute Gasteiger partial charge is 0.367 e. The molecule has 0 aromatic heterocycles. The van der Waals surface area contributed by atoms with Crippen LogP contribution in [0.4, 0.5) is 5.69 Å². The number of hydrogen-bond donors (Lipinski definition) is 1. The normalized spacial score (nSPS) is 10.6. The summed E-state index contributed by atoms with van der Waals surface area (Å²) in [6.07, 6.45) is 2.45. The maximum absolute atomic E-state index is 3.26. The number of unbranched alkanes of at least 4 members (excludes halogenated alkanes) is 1. The zero-order valence-electron chi connectivity index (χ0n) is 13.2. The molecule has 0 fully saturated rings. The van der Waals surface area contributed by atoms with E-state index in [4.69, 9.17) is 0 Å². The minimum atomic E-state index is 0.923. The van der Waals surface area contributed by atoms with Crippen molar-refractivity contribution in [2.45, 2.75) is 32.9 Å². The number of hydrogen-bond acceptors (Lipinski definition) is 2. The van der Waals surface area contributed by atoms with Gasteiger partial charge >= 0.3 is 0 Å². The summed E-state index contributed by atoms with van der Waals surface area (Å²) in [5.74, 6) is 0. The number of rotatable bonds is 8. The van der Waals surface area contributed by atoms with Gasteiger partial charge in [-0.05, 0) is 36.7 Å². The fourth-order valence-corrected chi connectivity index (χ4v) is 2.57. The van der Waals surface area contributed by atoms with E-state index in [0.717, 1.165) is 19.6 Å². The molecular weight excluding hydrogens is 256 g/mol. The Morgan fingerprint density at radius 1 is 0.905 bits per heavy atom. The summed E-state index contributed by atoms with van der Waals surface area (Å²) in [6.45, 7) is 5.25. The van der Waals surface area contributed by atoms with Crippen LogP contribution in [0.25, 0.3) is 0 Å². The van der Waals surface area contributed by atoms with Gasteiger partial charge in [-0.3, -0.25) is 0 Å². The molecule has 0 unspecified atom stereocenters. The molecule has 21 heavy (non-hydrogen) atoms. The van der Waals surface area contributed by atoms with Crippen LogP contribution in [0.15, 0.2) is 54.6 Å². The van der Waals surface area contributed by atoms with E-state index in [9.17, 15) is 0 Å². The minimum Gasteiger partial charge on any atom is -0.367 e. The molecule has 0 aliphatic carbocycles. The van der Waals surface area contributed by atoms with Crippen LogP contribution in [0.5, 0.6) is 0 Å². The highest BCUT2D eigenvalue weighted by Crippen LogP contribution is 2.19. The molecule has 2 aromatic rings. The van der Waals surface area contributed by atoms with E-state index in [1.165, 1.54) is 29.7 Å². The summed E-state index contributed by atoms with van der Waals surface area (Å²) in [7, 11) is 2.00. The van der Waals surface area contributed by atoms with E-state index >= 15 is 0 Å². The molecule has 0 heterocycles. The van der Waals surface area contributed by atoms with Gasteiger partial charge in [0.15, 0.2) is 0 Å². The van der Waals surface area contributed by atoms with E-state index in [1.54, 1.807) is 0 Å². The van der Waals surface area contributed by atoms with Gasteiger partial charge in [-0.2, -0.15) is 0 Å². The molecule has 0 saturated heterocycles. The van der Waals surface area contributed by atoms with E-state index in [-0.39, 0.29) is 0 Å². The van der Waals surface area contributed by atoms with Crippen LogP contribution in [-0.2, 0) is 13.1 Å². The first-order valence-electron chi connectivity index (χ1n) is 7.86. The first-order chi connectivity index (χ1) is 10.3. The molecule has 112 valence electrons. The maximum Gasteiger partial charge on any atom is 0.0432 e. The Bertz CT molecular complexity index is 522. The molecule has 0 aliphatic rings. The van der Waals surface area contributed by atoms with Gasteiger partial charge in [-0.15, -0.1) is 0 Å². The van der Waals surface area contributed by atoms with Crippen molar-refractivity contribution >= 4 is 5.69 Å². The smallest absolute Gasteiger partial charge is 0.0432 e. The Balaban J connectivity index is 2.19. The van der Waals surface area contributed by atoms with Crippen LogP contribution in [-0.4, -0.2) is 13.6 Å². The molecule has 0 saturated carbocycles. The zero-order valence-corrected chi connectivity index (χ0v) is 13.2. The number of nitrogens with zero attached hydrogens (tertiary/aromatic N) is 1. The van der Waals surface area contributed by atoms with Crippen molar-refractivity contribution in [1.29, 1.82) is 0 Å². The van der Waals surface area contributed by atoms with Gasteiger partial charge < -0.3 is 10.2 Å². The van der Waals surface area contributed by atoms with Crippen LogP contribution in [0.1, 0.15) is 30.9 Å². The summed E-state index contributed by atoms with van der Waals surface area (Å²) >= 11 is 0. The van der Waals surface area contributed by atoms with Gasteiger partial charge in [0, 0.05) is 25.3 Å². The summed E-state index contributed by atoms with van der Waals surface area (Å²) < 4.78 is 0. The highest BCUT2D eigenvalue weighted by Gasteiger charge is 2.09. The summed E-state index contributed by atoms with van der Waals surface area (Å²) in [6, 6.07) is 19.4. The van der Waals surface area contributed by atoms with Gasteiger partial charge in [0.2, 0.25) is 0 Å². The molecule has 0 bridgehead atoms. The molecule has 1 N–H and O–H groups in total. The molecule has 2 nitrogen and oxygen atoms in total. The van der Waals surface area contributed by atoms with E-state index in [0.29, 0.717) is 0 Å². The lowest BCUT2D eigenvalue weighted by Crippen LogP contribution is -2.25. The van der Waals surface area contributed by atoms with Crippen LogP contribution in [0.3, 0.4) is 0 Å². The van der Waals surface area contributed by atoms with Gasteiger partial charge in [-0.1, -0.05) is 55.8 Å². The Kier molecular flexibility index (Phi) is 6.29. The Morgan fingerprint density at radius 2 is 1.57 bits per heavy atom. The monoisotopic (exact) mass is 282 g/mol. The molecule has 2 heteroatoms. The quantitative estimate of drug-likeness (QED) is 0.780. The SMILES string of the molecule is CCCCN(Cc1ccccc1CNC)c1ccccc1. The van der Waals surface area contributed by atoms with Crippen molar-refractivity contribution < 1.29 is 0 Å². The van der Waals surface area contributed by atoms with Crippen LogP contribution in [0.2, 0.25) is 0 Å². The molecule has 0 radical (unpaired) electrons. The number of nitrogens with one attached hydrogen (secondary N) is 1. The first-order valence-corrected chi connectivity index (χ1v) is 7.86. The lowest BCUT2D eigenvalue weighted by molar-refractivity contribution is 0.708. The van der Waals surface area contributed by atoms with E-state index in [2.05, 4.69) is 71.7 Å². The molecule has 2 aromatic carbocycles. The highest BCUT2D eigenvalue weighted by atomic mass is 15.1. The number of benzene rings is 2. The second-order valence-electron chi connectivity index (χ2n) is 5.41. The van der Waals surface area contributed by atoms with Crippen molar-refractivity contribution in [2.24, 2.45) is 0 Å². The molecule has 2 rings (SSSR count). The number of para-hydroxylation sites is 1. The summed E-state index contributed by atoms with van der Waals surface area (Å²) in [4.78, 5) is 2.48. The number of anilines is 1. The van der Waals surface area contributed by atoms with Crippen molar-refractivity contribution in [3.8, 4) is 0 Å². The second-order valence-corrected chi connectivity index (χ2v) is 5.41. The lowest BCUT2D eigenvalue weighted by atomic mass is 10.1. The third kappa shape index (κ3) is 4.61. The minimum absolute atomic E-state index is 0.923. The van der Waals surface area contributed by atoms with Crippen LogP contribution in [0, 0.1) is 0 Å². The third-order valence-corrected chi connectivity index (χ3v) is 3.75. The zero-order chi connectivity index (χ0) is 14.9. The Morgan fingerprint density at radius 3 is 2.24 bits per heavy atom. The molecule has 0 spiro atoms. The standard InChI is InChI=1S/C19H26N2/c1-3-4-14-21(19-12-6-5-7-13-19)16-18-11-9-8-10-17(18)15-20-2/h5-13,20H,3-4,14-16H2,1-2H3. The topological polar surface area (TPSA) is 15.3 Å². The summed E-state index contributed by atoms with van der Waals surface area (Å²) in [5, 5.41) is 3.26. The van der Waals surface area contributed by atoms with Crippen molar-refractivity contribution in [2.75, 3.05) is 18.5 Å². The van der Waals surface area contributed by atoms with Gasteiger partial charge in [0.1, 0.15) is 0 Å². The second kappa shape index (κ2) is 8.48. The Hall–Kier alpha value is -1.80. The first kappa shape index (κ1) is 15.6. The van der Waals surface area contributed by atoms with Gasteiger partial charge in [0.25, 0.3) is 0 Å². The van der Waals surface area contributed by atoms with Gasteiger partial charge in [-0.25, -0.2) is 0 Å². The van der Waals surface area contributed by atoms with E-state index < -0.39 is 0 Å². The predicted octanol–water partition coefficient (Wildman–Crippen LogP) is 4.21. The van der Waals surface area contributed by atoms with Crippen molar-refractivity contribution in [1.82, 2.24) is 5.32 Å². The fraction of sp³-hybridized carbons (Fsp3) is 0.368. The lowest BCUT2D eigenvalue weighted by Gasteiger charge is -2.26. The van der Waals surface area contributed by atoms with Crippen LogP contribution >= 0.6 is 0 Å². The highest BCUT2D eigenvalue weighted by molar-refractivity contribution is 5.47. The van der Waals surface area contributed by atoms with Gasteiger partial charge in [0.05, 0.1) is 0 Å². The Labute approximate surface area is 128 Å². The summed E-state index contributed by atoms with van der Waals surface area (Å²) in [5.41, 5.74) is 4.11. The predicted molar refractivity (Wildman–Crippen MR) is 91.6 cm³/mol. The molecule has 0 amide bonds. The van der Waals surface area contributed by atoms with Crippen LogP contribution < -0.4 is 10.2 Å². The average molecular weight is 282 g/mol. The van der Waals surface area contributed by atoms with Crippen molar-refractivity contribution in [3.05, 3.63) is 65.7 Å². The molecule has 0 atom stereocenters. The van der Waals surface area contributed by atoms with Crippen molar-refractivity contribution in [3.63, 3.8) is 0 Å². The third-order valence-electron chi connectivity index (χ3n) is 3.75. The molecule has 0 aliphatic heterocycles. The maximum atomic E-state index is 3.26. The molecular formula is C19H26N2. The average Bonchev–Trinajstić information content (AvgIpc) is 2.54. The van der Waals surface area contributed by atoms with E-state index in [1.807, 2.05) is 7.05 Å².